The van der Waals surface area contributed by atoms with E-state index in [-0.39, 0.29) is 0 Å². The number of hydrogen-bond acceptors (Lipinski definition) is 16. The van der Waals surface area contributed by atoms with Gasteiger partial charge in [-0.15, -0.1) is 0 Å². The van der Waals surface area contributed by atoms with Crippen molar-refractivity contribution in [3.8, 4) is 0 Å². The fraction of sp³-hybridized carbons (Fsp3) is 1.00. The highest BCUT2D eigenvalue weighted by atomic mass is 16.7. The van der Waals surface area contributed by atoms with Crippen LogP contribution in [0.4, 0.5) is 0 Å². The molecule has 0 saturated carbocycles. The van der Waals surface area contributed by atoms with E-state index in [4.69, 9.17) is 23.7 Å². The van der Waals surface area contributed by atoms with E-state index in [0.717, 1.165) is 0 Å². The second-order valence-electron chi connectivity index (χ2n) is 8.37. The lowest BCUT2D eigenvalue weighted by atomic mass is 9.97. The molecule has 16 heteroatoms. The lowest BCUT2D eigenvalue weighted by molar-refractivity contribution is -0.364. The molecule has 3 rings (SSSR count). The lowest BCUT2D eigenvalue weighted by Crippen LogP contribution is -2.65. The van der Waals surface area contributed by atoms with Crippen LogP contribution in [0, 0.1) is 0 Å². The van der Waals surface area contributed by atoms with Crippen LogP contribution in [0.2, 0.25) is 0 Å². The number of rotatable bonds is 7. The van der Waals surface area contributed by atoms with Gasteiger partial charge in [-0.05, 0) is 0 Å². The minimum atomic E-state index is -1.84. The first-order valence-corrected chi connectivity index (χ1v) is 10.6. The molecule has 3 aliphatic heterocycles. The normalized spacial score (nSPS) is 52.5. The first-order chi connectivity index (χ1) is 16.0. The molecule has 0 aromatic carbocycles. The summed E-state index contributed by atoms with van der Waals surface area (Å²) in [5.41, 5.74) is 0. The summed E-state index contributed by atoms with van der Waals surface area (Å²) in [7, 11) is 0. The zero-order valence-corrected chi connectivity index (χ0v) is 17.7. The van der Waals surface area contributed by atoms with E-state index in [2.05, 4.69) is 0 Å². The fourth-order valence-electron chi connectivity index (χ4n) is 3.94. The molecule has 3 aliphatic rings. The molecule has 0 radical (unpaired) electrons. The smallest absolute Gasteiger partial charge is 0.187 e. The van der Waals surface area contributed by atoms with Crippen LogP contribution in [-0.2, 0) is 23.7 Å². The molecule has 0 unspecified atom stereocenters. The number of hydrogen-bond donors (Lipinski definition) is 11. The maximum Gasteiger partial charge on any atom is 0.187 e. The van der Waals surface area contributed by atoms with Gasteiger partial charge in [0.2, 0.25) is 0 Å². The molecule has 0 aromatic heterocycles. The summed E-state index contributed by atoms with van der Waals surface area (Å²) in [5, 5.41) is 109. The molecule has 0 aliphatic carbocycles. The Morgan fingerprint density at radius 2 is 1.03 bits per heavy atom. The molecule has 3 fully saturated rings. The van der Waals surface area contributed by atoms with E-state index < -0.39 is 112 Å². The van der Waals surface area contributed by atoms with Gasteiger partial charge in [0.25, 0.3) is 0 Å². The largest absolute Gasteiger partial charge is 0.394 e. The maximum atomic E-state index is 10.7. The van der Waals surface area contributed by atoms with Gasteiger partial charge in [-0.25, -0.2) is 0 Å². The zero-order chi connectivity index (χ0) is 25.3. The highest BCUT2D eigenvalue weighted by molar-refractivity contribution is 4.94. The number of aliphatic hydroxyl groups excluding tert-OH is 11. The van der Waals surface area contributed by atoms with E-state index in [1.165, 1.54) is 0 Å². The van der Waals surface area contributed by atoms with Crippen LogP contribution >= 0.6 is 0 Å². The van der Waals surface area contributed by atoms with Crippen LogP contribution in [0.15, 0.2) is 0 Å². The molecule has 0 amide bonds. The van der Waals surface area contributed by atoms with Crippen LogP contribution in [-0.4, -0.2) is 168 Å². The maximum absolute atomic E-state index is 10.7. The topological polar surface area (TPSA) is 269 Å². The van der Waals surface area contributed by atoms with Crippen LogP contribution in [0.1, 0.15) is 0 Å². The summed E-state index contributed by atoms with van der Waals surface area (Å²) in [6.45, 7) is -2.11. The van der Waals surface area contributed by atoms with Gasteiger partial charge in [-0.3, -0.25) is 0 Å². The molecule has 3 heterocycles. The Bertz CT molecular complexity index is 639. The Balaban J connectivity index is 1.68. The predicted molar refractivity (Wildman–Crippen MR) is 101 cm³/mol. The van der Waals surface area contributed by atoms with Crippen molar-refractivity contribution in [2.75, 3.05) is 19.8 Å². The highest BCUT2D eigenvalue weighted by Gasteiger charge is 2.51. The van der Waals surface area contributed by atoms with Gasteiger partial charge >= 0.3 is 0 Å². The summed E-state index contributed by atoms with van der Waals surface area (Å²) in [5.74, 6) is 0. The molecule has 11 N–H and O–H groups in total. The second kappa shape index (κ2) is 11.6. The monoisotopic (exact) mass is 504 g/mol. The van der Waals surface area contributed by atoms with Crippen LogP contribution in [0.25, 0.3) is 0 Å². The standard InChI is InChI=1S/C18H32O16/c19-1-4-7(21)11(25)13(27)18(33-4)34-15-9(23)5(2-20)32-17(14(15)28)30-3-6-8(22)10(24)12(26)16(29)31-6/h4-29H,1-3H2/t4-,5-,6-,7+,8-,9+,10+,11+,12-,13-,14-,15+,16-,17-,18+/m1/s1. The lowest BCUT2D eigenvalue weighted by Gasteiger charge is -2.46. The van der Waals surface area contributed by atoms with Gasteiger partial charge in [0.15, 0.2) is 18.9 Å². The molecule has 34 heavy (non-hydrogen) atoms. The van der Waals surface area contributed by atoms with Crippen molar-refractivity contribution in [2.45, 2.75) is 92.1 Å². The molecular formula is C18H32O16. The summed E-state index contributed by atoms with van der Waals surface area (Å²) in [6, 6.07) is 0. The molecule has 16 nitrogen and oxygen atoms in total. The van der Waals surface area contributed by atoms with Gasteiger partial charge in [0.1, 0.15) is 73.2 Å². The molecule has 200 valence electrons. The van der Waals surface area contributed by atoms with Crippen LogP contribution < -0.4 is 0 Å². The minimum absolute atomic E-state index is 0.593. The third kappa shape index (κ3) is 5.52. The van der Waals surface area contributed by atoms with Crippen molar-refractivity contribution in [2.24, 2.45) is 0 Å². The molecule has 0 aromatic rings. The van der Waals surface area contributed by atoms with E-state index in [0.29, 0.717) is 0 Å². The minimum Gasteiger partial charge on any atom is -0.394 e. The van der Waals surface area contributed by atoms with Crippen molar-refractivity contribution in [1.82, 2.24) is 0 Å². The molecular weight excluding hydrogens is 472 g/mol. The first-order valence-electron chi connectivity index (χ1n) is 10.6. The molecule has 3 saturated heterocycles. The Labute approximate surface area is 192 Å². The molecule has 15 atom stereocenters. The van der Waals surface area contributed by atoms with Gasteiger partial charge in [0.05, 0.1) is 19.8 Å². The Morgan fingerprint density at radius 1 is 0.500 bits per heavy atom. The quantitative estimate of drug-likeness (QED) is 0.154. The third-order valence-electron chi connectivity index (χ3n) is 6.07. The Morgan fingerprint density at radius 3 is 1.65 bits per heavy atom. The number of ether oxygens (including phenoxy) is 5. The van der Waals surface area contributed by atoms with E-state index >= 15 is 0 Å². The summed E-state index contributed by atoms with van der Waals surface area (Å²) in [6.07, 6.45) is -24.9. The molecule has 0 spiro atoms. The summed E-state index contributed by atoms with van der Waals surface area (Å²) >= 11 is 0. The number of aliphatic hydroxyl groups is 11. The van der Waals surface area contributed by atoms with Crippen molar-refractivity contribution in [3.63, 3.8) is 0 Å². The average molecular weight is 504 g/mol. The van der Waals surface area contributed by atoms with Gasteiger partial charge in [0, 0.05) is 0 Å². The fourth-order valence-corrected chi connectivity index (χ4v) is 3.94. The highest BCUT2D eigenvalue weighted by Crippen LogP contribution is 2.30. The molecule has 0 bridgehead atoms. The van der Waals surface area contributed by atoms with Crippen molar-refractivity contribution < 1.29 is 79.9 Å². The predicted octanol–water partition coefficient (Wildman–Crippen LogP) is -7.57. The van der Waals surface area contributed by atoms with E-state index in [9.17, 15) is 56.2 Å². The Kier molecular flexibility index (Phi) is 9.54. The second-order valence-corrected chi connectivity index (χ2v) is 8.37. The van der Waals surface area contributed by atoms with Crippen LogP contribution in [0.5, 0.6) is 0 Å². The first kappa shape index (κ1) is 27.9. The zero-order valence-electron chi connectivity index (χ0n) is 17.7. The Hall–Kier alpha value is -0.640. The SMILES string of the molecule is OC[C@H]1O[C@@H](O[C@H]2[C@@H](O)[C@@H](CO)O[C@@H](OC[C@H]3O[C@@H](O)[C@H](O)[C@@H](O)[C@@H]3O)[C@@H]2O)[C@H](O)[C@@H](O)[C@H]1O. The van der Waals surface area contributed by atoms with E-state index in [1.807, 2.05) is 0 Å². The van der Waals surface area contributed by atoms with Crippen molar-refractivity contribution in [1.29, 1.82) is 0 Å². The summed E-state index contributed by atoms with van der Waals surface area (Å²) in [4.78, 5) is 0. The van der Waals surface area contributed by atoms with Gasteiger partial charge in [-0.2, -0.15) is 0 Å². The van der Waals surface area contributed by atoms with Crippen molar-refractivity contribution >= 4 is 0 Å². The van der Waals surface area contributed by atoms with Gasteiger partial charge in [-0.1, -0.05) is 0 Å². The van der Waals surface area contributed by atoms with Crippen LogP contribution in [0.3, 0.4) is 0 Å². The summed E-state index contributed by atoms with van der Waals surface area (Å²) < 4.78 is 26.2. The van der Waals surface area contributed by atoms with Crippen molar-refractivity contribution in [3.05, 3.63) is 0 Å². The average Bonchev–Trinajstić information content (AvgIpc) is 2.82. The van der Waals surface area contributed by atoms with E-state index in [1.54, 1.807) is 0 Å². The third-order valence-corrected chi connectivity index (χ3v) is 6.07. The van der Waals surface area contributed by atoms with Gasteiger partial charge < -0.3 is 79.9 Å².